The van der Waals surface area contributed by atoms with Crippen molar-refractivity contribution >= 4 is 29.1 Å². The van der Waals surface area contributed by atoms with E-state index in [4.69, 9.17) is 11.6 Å². The van der Waals surface area contributed by atoms with Gasteiger partial charge in [-0.15, -0.1) is 0 Å². The van der Waals surface area contributed by atoms with Gasteiger partial charge in [-0.05, 0) is 30.7 Å². The smallest absolute Gasteiger partial charge is 0.270 e. The zero-order chi connectivity index (χ0) is 15.2. The highest BCUT2D eigenvalue weighted by atomic mass is 35.5. The molecule has 0 saturated carbocycles. The van der Waals surface area contributed by atoms with Crippen molar-refractivity contribution < 1.29 is 4.92 Å². The Morgan fingerprint density at radius 2 is 2.05 bits per heavy atom. The number of hydrogen-bond acceptors (Lipinski definition) is 4. The van der Waals surface area contributed by atoms with Crippen molar-refractivity contribution in [3.05, 3.63) is 38.9 Å². The Hall–Kier alpha value is -0.780. The number of rotatable bonds is 8. The Balaban J connectivity index is 2.64. The number of nitrogens with one attached hydrogen (secondary N) is 1. The first-order chi connectivity index (χ1) is 9.48. The van der Waals surface area contributed by atoms with Gasteiger partial charge in [-0.2, -0.15) is 11.8 Å². The molecule has 0 radical (unpaired) electrons. The van der Waals surface area contributed by atoms with Gasteiger partial charge in [0.15, 0.2) is 0 Å². The van der Waals surface area contributed by atoms with E-state index in [2.05, 4.69) is 25.4 Å². The number of non-ortho nitro benzene ring substituents is 1. The standard InChI is InChI=1S/C14H21ClN2O2S/c1-4-14(5-2,20-3)10-16-9-11-6-7-12(17(18)19)8-13(11)15/h6-8,16H,4-5,9-10H2,1-3H3. The maximum Gasteiger partial charge on any atom is 0.270 e. The fourth-order valence-corrected chi connectivity index (χ4v) is 3.14. The molecule has 0 aromatic heterocycles. The van der Waals surface area contributed by atoms with Gasteiger partial charge in [0.2, 0.25) is 0 Å². The Kier molecular flexibility index (Phi) is 6.79. The molecule has 1 rings (SSSR count). The Labute approximate surface area is 129 Å². The molecule has 0 aliphatic rings. The summed E-state index contributed by atoms with van der Waals surface area (Å²) in [5.41, 5.74) is 0.916. The summed E-state index contributed by atoms with van der Waals surface area (Å²) >= 11 is 7.95. The first-order valence-electron chi connectivity index (χ1n) is 6.66. The molecule has 0 fully saturated rings. The second-order valence-corrected chi connectivity index (χ2v) is 6.41. The lowest BCUT2D eigenvalue weighted by atomic mass is 10.0. The van der Waals surface area contributed by atoms with E-state index in [1.165, 1.54) is 12.1 Å². The first-order valence-corrected chi connectivity index (χ1v) is 8.27. The summed E-state index contributed by atoms with van der Waals surface area (Å²) in [5.74, 6) is 0. The highest BCUT2D eigenvalue weighted by molar-refractivity contribution is 8.00. The molecular weight excluding hydrogens is 296 g/mol. The molecule has 6 heteroatoms. The minimum Gasteiger partial charge on any atom is -0.311 e. The summed E-state index contributed by atoms with van der Waals surface area (Å²) in [4.78, 5) is 10.2. The molecule has 20 heavy (non-hydrogen) atoms. The molecule has 0 aliphatic heterocycles. The fraction of sp³-hybridized carbons (Fsp3) is 0.571. The molecule has 0 atom stereocenters. The maximum atomic E-state index is 10.7. The second kappa shape index (κ2) is 7.86. The summed E-state index contributed by atoms with van der Waals surface area (Å²) in [6.45, 7) is 5.91. The van der Waals surface area contributed by atoms with Gasteiger partial charge in [0.1, 0.15) is 0 Å². The molecule has 0 saturated heterocycles. The molecule has 0 aliphatic carbocycles. The molecule has 0 bridgehead atoms. The second-order valence-electron chi connectivity index (χ2n) is 4.73. The van der Waals surface area contributed by atoms with Crippen LogP contribution in [-0.4, -0.2) is 22.5 Å². The molecule has 1 aromatic rings. The molecule has 112 valence electrons. The van der Waals surface area contributed by atoms with Gasteiger partial charge < -0.3 is 5.32 Å². The van der Waals surface area contributed by atoms with Crippen molar-refractivity contribution in [2.24, 2.45) is 0 Å². The van der Waals surface area contributed by atoms with Crippen LogP contribution in [0.4, 0.5) is 5.69 Å². The minimum atomic E-state index is -0.435. The highest BCUT2D eigenvalue weighted by Gasteiger charge is 2.24. The van der Waals surface area contributed by atoms with Gasteiger partial charge in [0.05, 0.1) is 9.95 Å². The van der Waals surface area contributed by atoms with E-state index in [-0.39, 0.29) is 10.4 Å². The average molecular weight is 317 g/mol. The predicted molar refractivity (Wildman–Crippen MR) is 86.6 cm³/mol. The van der Waals surface area contributed by atoms with Crippen molar-refractivity contribution in [1.82, 2.24) is 5.32 Å². The van der Waals surface area contributed by atoms with Crippen LogP contribution in [0.3, 0.4) is 0 Å². The minimum absolute atomic E-state index is 0.0272. The molecule has 0 unspecified atom stereocenters. The van der Waals surface area contributed by atoms with Gasteiger partial charge in [0, 0.05) is 30.0 Å². The van der Waals surface area contributed by atoms with Gasteiger partial charge >= 0.3 is 0 Å². The predicted octanol–water partition coefficient (Wildman–Crippen LogP) is 4.26. The lowest BCUT2D eigenvalue weighted by molar-refractivity contribution is -0.384. The van der Waals surface area contributed by atoms with Crippen molar-refractivity contribution in [2.45, 2.75) is 38.0 Å². The van der Waals surface area contributed by atoms with Crippen LogP contribution in [-0.2, 0) is 6.54 Å². The quantitative estimate of drug-likeness (QED) is 0.575. The van der Waals surface area contributed by atoms with Crippen LogP contribution in [0.2, 0.25) is 5.02 Å². The Morgan fingerprint density at radius 3 is 2.50 bits per heavy atom. The molecule has 1 N–H and O–H groups in total. The van der Waals surface area contributed by atoms with E-state index < -0.39 is 4.92 Å². The molecule has 0 amide bonds. The normalized spacial score (nSPS) is 11.6. The number of halogens is 1. The van der Waals surface area contributed by atoms with Gasteiger partial charge in [0.25, 0.3) is 5.69 Å². The number of nitro benzene ring substituents is 1. The van der Waals surface area contributed by atoms with E-state index in [9.17, 15) is 10.1 Å². The monoisotopic (exact) mass is 316 g/mol. The summed E-state index contributed by atoms with van der Waals surface area (Å²) < 4.78 is 0.243. The van der Waals surface area contributed by atoms with Crippen molar-refractivity contribution in [2.75, 3.05) is 12.8 Å². The van der Waals surface area contributed by atoms with Crippen LogP contribution in [0.15, 0.2) is 18.2 Å². The van der Waals surface area contributed by atoms with Gasteiger partial charge in [-0.3, -0.25) is 10.1 Å². The Morgan fingerprint density at radius 1 is 1.40 bits per heavy atom. The topological polar surface area (TPSA) is 55.2 Å². The zero-order valence-electron chi connectivity index (χ0n) is 12.1. The summed E-state index contributed by atoms with van der Waals surface area (Å²) in [6.07, 6.45) is 4.34. The van der Waals surface area contributed by atoms with Gasteiger partial charge in [-0.25, -0.2) is 0 Å². The molecule has 0 heterocycles. The van der Waals surface area contributed by atoms with Crippen LogP contribution < -0.4 is 5.32 Å². The maximum absolute atomic E-state index is 10.7. The molecular formula is C14H21ClN2O2S. The average Bonchev–Trinajstić information content (AvgIpc) is 2.45. The SMILES string of the molecule is CCC(CC)(CNCc1ccc([N+](=O)[O-])cc1Cl)SC. The van der Waals surface area contributed by atoms with Crippen molar-refractivity contribution in [3.63, 3.8) is 0 Å². The first kappa shape index (κ1) is 17.3. The largest absolute Gasteiger partial charge is 0.311 e. The van der Waals surface area contributed by atoms with Crippen LogP contribution in [0.1, 0.15) is 32.3 Å². The van der Waals surface area contributed by atoms with Gasteiger partial charge in [-0.1, -0.05) is 25.4 Å². The lowest BCUT2D eigenvalue weighted by Gasteiger charge is -2.30. The van der Waals surface area contributed by atoms with Crippen molar-refractivity contribution in [3.8, 4) is 0 Å². The molecule has 0 spiro atoms. The third-order valence-electron chi connectivity index (χ3n) is 3.73. The van der Waals surface area contributed by atoms with Crippen LogP contribution in [0.5, 0.6) is 0 Å². The molecule has 1 aromatic carbocycles. The van der Waals surface area contributed by atoms with E-state index in [1.807, 2.05) is 11.8 Å². The highest BCUT2D eigenvalue weighted by Crippen LogP contribution is 2.30. The number of thioether (sulfide) groups is 1. The van der Waals surface area contributed by atoms with Crippen LogP contribution >= 0.6 is 23.4 Å². The van der Waals surface area contributed by atoms with Crippen LogP contribution in [0.25, 0.3) is 0 Å². The van der Waals surface area contributed by atoms with E-state index >= 15 is 0 Å². The number of nitro groups is 1. The summed E-state index contributed by atoms with van der Waals surface area (Å²) in [6, 6.07) is 4.61. The number of benzene rings is 1. The third-order valence-corrected chi connectivity index (χ3v) is 5.67. The summed E-state index contributed by atoms with van der Waals surface area (Å²) in [7, 11) is 0. The fourth-order valence-electron chi connectivity index (χ4n) is 2.08. The van der Waals surface area contributed by atoms with Crippen LogP contribution in [0, 0.1) is 10.1 Å². The third kappa shape index (κ3) is 4.36. The van der Waals surface area contributed by atoms with E-state index in [0.717, 1.165) is 24.9 Å². The lowest BCUT2D eigenvalue weighted by Crippen LogP contribution is -2.36. The number of hydrogen-bond donors (Lipinski definition) is 1. The van der Waals surface area contributed by atoms with E-state index in [0.29, 0.717) is 11.6 Å². The zero-order valence-corrected chi connectivity index (χ0v) is 13.7. The van der Waals surface area contributed by atoms with E-state index in [1.54, 1.807) is 6.07 Å². The molecule has 4 nitrogen and oxygen atoms in total. The van der Waals surface area contributed by atoms with Crippen molar-refractivity contribution in [1.29, 1.82) is 0 Å². The number of nitrogens with zero attached hydrogens (tertiary/aromatic N) is 1. The summed E-state index contributed by atoms with van der Waals surface area (Å²) in [5, 5.41) is 14.5. The Bertz CT molecular complexity index is 456.